The summed E-state index contributed by atoms with van der Waals surface area (Å²) >= 11 is 0. The molecule has 4 nitrogen and oxygen atoms in total. The van der Waals surface area contributed by atoms with Gasteiger partial charge in [0, 0.05) is 31.7 Å². The highest BCUT2D eigenvalue weighted by Crippen LogP contribution is 2.22. The van der Waals surface area contributed by atoms with E-state index in [1.165, 1.54) is 0 Å². The number of benzene rings is 1. The SMILES string of the molecule is CCN1CCC(N(C)C(=O)c2ccc(C)c(OC)c2)CC1. The number of nitrogens with zero attached hydrogens (tertiary/aromatic N) is 2. The van der Waals surface area contributed by atoms with Gasteiger partial charge in [-0.05, 0) is 44.0 Å². The number of methoxy groups -OCH3 is 1. The predicted octanol–water partition coefficient (Wildman–Crippen LogP) is 2.56. The van der Waals surface area contributed by atoms with Crippen molar-refractivity contribution in [3.63, 3.8) is 0 Å². The van der Waals surface area contributed by atoms with Crippen LogP contribution in [-0.4, -0.2) is 55.5 Å². The minimum Gasteiger partial charge on any atom is -0.496 e. The van der Waals surface area contributed by atoms with Crippen molar-refractivity contribution in [1.82, 2.24) is 9.80 Å². The van der Waals surface area contributed by atoms with E-state index in [0.717, 1.165) is 43.8 Å². The molecule has 0 saturated carbocycles. The first-order chi connectivity index (χ1) is 10.1. The topological polar surface area (TPSA) is 32.8 Å². The smallest absolute Gasteiger partial charge is 0.253 e. The Hall–Kier alpha value is -1.55. The number of aryl methyl sites for hydroxylation is 1. The first-order valence-corrected chi connectivity index (χ1v) is 7.71. The lowest BCUT2D eigenvalue weighted by molar-refractivity contribution is 0.0646. The maximum atomic E-state index is 12.6. The van der Waals surface area contributed by atoms with Crippen molar-refractivity contribution in [3.05, 3.63) is 29.3 Å². The average Bonchev–Trinajstić information content (AvgIpc) is 2.54. The number of rotatable bonds is 4. The van der Waals surface area contributed by atoms with E-state index in [9.17, 15) is 4.79 Å². The van der Waals surface area contributed by atoms with Gasteiger partial charge < -0.3 is 14.5 Å². The van der Waals surface area contributed by atoms with Gasteiger partial charge in [0.2, 0.25) is 0 Å². The van der Waals surface area contributed by atoms with Crippen LogP contribution in [-0.2, 0) is 0 Å². The summed E-state index contributed by atoms with van der Waals surface area (Å²) in [6, 6.07) is 6.01. The van der Waals surface area contributed by atoms with E-state index in [-0.39, 0.29) is 5.91 Å². The number of likely N-dealkylation sites (tertiary alicyclic amines) is 1. The highest BCUT2D eigenvalue weighted by molar-refractivity contribution is 5.94. The number of piperidine rings is 1. The minimum absolute atomic E-state index is 0.0863. The molecule has 1 saturated heterocycles. The molecule has 0 unspecified atom stereocenters. The Balaban J connectivity index is 2.05. The molecule has 0 radical (unpaired) electrons. The summed E-state index contributed by atoms with van der Waals surface area (Å²) in [5.41, 5.74) is 1.76. The molecule has 21 heavy (non-hydrogen) atoms. The van der Waals surface area contributed by atoms with Gasteiger partial charge in [-0.2, -0.15) is 0 Å². The van der Waals surface area contributed by atoms with Crippen LogP contribution < -0.4 is 4.74 Å². The fraction of sp³-hybridized carbons (Fsp3) is 0.588. The number of hydrogen-bond acceptors (Lipinski definition) is 3. The van der Waals surface area contributed by atoms with Crippen LogP contribution in [0.5, 0.6) is 5.75 Å². The quantitative estimate of drug-likeness (QED) is 0.854. The zero-order valence-electron chi connectivity index (χ0n) is 13.6. The zero-order chi connectivity index (χ0) is 15.4. The van der Waals surface area contributed by atoms with Gasteiger partial charge in [-0.1, -0.05) is 13.0 Å². The van der Waals surface area contributed by atoms with E-state index in [1.54, 1.807) is 7.11 Å². The van der Waals surface area contributed by atoms with E-state index >= 15 is 0 Å². The number of ether oxygens (including phenoxy) is 1. The standard InChI is InChI=1S/C17H26N2O2/c1-5-19-10-8-15(9-11-19)18(3)17(20)14-7-6-13(2)16(12-14)21-4/h6-7,12,15H,5,8-11H2,1-4H3. The fourth-order valence-corrected chi connectivity index (χ4v) is 2.95. The van der Waals surface area contributed by atoms with Crippen LogP contribution in [0.3, 0.4) is 0 Å². The third-order valence-electron chi connectivity index (χ3n) is 4.53. The molecule has 0 N–H and O–H groups in total. The number of amides is 1. The van der Waals surface area contributed by atoms with Crippen LogP contribution in [0.2, 0.25) is 0 Å². The lowest BCUT2D eigenvalue weighted by Gasteiger charge is -2.36. The van der Waals surface area contributed by atoms with Crippen molar-refractivity contribution in [1.29, 1.82) is 0 Å². The summed E-state index contributed by atoms with van der Waals surface area (Å²) in [6.07, 6.45) is 2.11. The first kappa shape index (κ1) is 15.8. The highest BCUT2D eigenvalue weighted by atomic mass is 16.5. The molecule has 4 heteroatoms. The van der Waals surface area contributed by atoms with Crippen LogP contribution in [0.4, 0.5) is 0 Å². The van der Waals surface area contributed by atoms with E-state index in [1.807, 2.05) is 37.1 Å². The normalized spacial score (nSPS) is 16.8. The molecule has 0 bridgehead atoms. The van der Waals surface area contributed by atoms with Crippen LogP contribution in [0.1, 0.15) is 35.7 Å². The average molecular weight is 290 g/mol. The molecule has 1 aliphatic rings. The van der Waals surface area contributed by atoms with Gasteiger partial charge >= 0.3 is 0 Å². The Labute approximate surface area is 127 Å². The largest absolute Gasteiger partial charge is 0.496 e. The lowest BCUT2D eigenvalue weighted by atomic mass is 10.0. The van der Waals surface area contributed by atoms with E-state index in [2.05, 4.69) is 11.8 Å². The molecule has 1 aromatic rings. The Morgan fingerprint density at radius 1 is 1.38 bits per heavy atom. The molecule has 116 valence electrons. The molecule has 0 aromatic heterocycles. The van der Waals surface area contributed by atoms with Gasteiger partial charge in [0.15, 0.2) is 0 Å². The van der Waals surface area contributed by atoms with E-state index < -0.39 is 0 Å². The molecule has 0 aliphatic carbocycles. The van der Waals surface area contributed by atoms with E-state index in [0.29, 0.717) is 11.6 Å². The van der Waals surface area contributed by atoms with Crippen LogP contribution in [0.15, 0.2) is 18.2 Å². The number of hydrogen-bond donors (Lipinski definition) is 0. The van der Waals surface area contributed by atoms with Crippen molar-refractivity contribution in [2.24, 2.45) is 0 Å². The summed E-state index contributed by atoms with van der Waals surface area (Å²) in [7, 11) is 3.56. The summed E-state index contributed by atoms with van der Waals surface area (Å²) in [6.45, 7) is 7.43. The van der Waals surface area contributed by atoms with Crippen molar-refractivity contribution in [3.8, 4) is 5.75 Å². The molecule has 0 spiro atoms. The second-order valence-electron chi connectivity index (χ2n) is 5.77. The zero-order valence-corrected chi connectivity index (χ0v) is 13.6. The monoisotopic (exact) mass is 290 g/mol. The van der Waals surface area contributed by atoms with E-state index in [4.69, 9.17) is 4.74 Å². The Morgan fingerprint density at radius 3 is 2.62 bits per heavy atom. The number of carbonyl (C=O) groups is 1. The van der Waals surface area contributed by atoms with Gasteiger partial charge in [-0.15, -0.1) is 0 Å². The third-order valence-corrected chi connectivity index (χ3v) is 4.53. The summed E-state index contributed by atoms with van der Waals surface area (Å²) in [4.78, 5) is 17.0. The third kappa shape index (κ3) is 3.56. The van der Waals surface area contributed by atoms with Crippen molar-refractivity contribution < 1.29 is 9.53 Å². The van der Waals surface area contributed by atoms with Crippen LogP contribution in [0.25, 0.3) is 0 Å². The maximum Gasteiger partial charge on any atom is 0.253 e. The number of carbonyl (C=O) groups excluding carboxylic acids is 1. The molecule has 1 fully saturated rings. The molecule has 2 rings (SSSR count). The molecule has 1 aliphatic heterocycles. The predicted molar refractivity (Wildman–Crippen MR) is 85.0 cm³/mol. The van der Waals surface area contributed by atoms with Gasteiger partial charge in [-0.3, -0.25) is 4.79 Å². The summed E-state index contributed by atoms with van der Waals surface area (Å²) in [5, 5.41) is 0. The molecule has 1 aromatic carbocycles. The molecular weight excluding hydrogens is 264 g/mol. The maximum absolute atomic E-state index is 12.6. The minimum atomic E-state index is 0.0863. The Bertz CT molecular complexity index is 494. The molecule has 1 amide bonds. The Kier molecular flexibility index (Phi) is 5.23. The van der Waals surface area contributed by atoms with Gasteiger partial charge in [-0.25, -0.2) is 0 Å². The first-order valence-electron chi connectivity index (χ1n) is 7.71. The van der Waals surface area contributed by atoms with Gasteiger partial charge in [0.05, 0.1) is 7.11 Å². The fourth-order valence-electron chi connectivity index (χ4n) is 2.95. The van der Waals surface area contributed by atoms with Crippen LogP contribution in [0, 0.1) is 6.92 Å². The second kappa shape index (κ2) is 6.94. The molecule has 0 atom stereocenters. The van der Waals surface area contributed by atoms with Gasteiger partial charge in [0.25, 0.3) is 5.91 Å². The summed E-state index contributed by atoms with van der Waals surface area (Å²) < 4.78 is 5.31. The molecular formula is C17H26N2O2. The van der Waals surface area contributed by atoms with Crippen molar-refractivity contribution in [2.45, 2.75) is 32.7 Å². The highest BCUT2D eigenvalue weighted by Gasteiger charge is 2.25. The van der Waals surface area contributed by atoms with Crippen LogP contribution >= 0.6 is 0 Å². The van der Waals surface area contributed by atoms with Gasteiger partial charge in [0.1, 0.15) is 5.75 Å². The summed E-state index contributed by atoms with van der Waals surface area (Å²) in [5.74, 6) is 0.860. The van der Waals surface area contributed by atoms with Crippen molar-refractivity contribution >= 4 is 5.91 Å². The Morgan fingerprint density at radius 2 is 2.05 bits per heavy atom. The second-order valence-corrected chi connectivity index (χ2v) is 5.77. The van der Waals surface area contributed by atoms with Crippen molar-refractivity contribution in [2.75, 3.05) is 33.8 Å². The lowest BCUT2D eigenvalue weighted by Crippen LogP contribution is -2.45. The molecule has 1 heterocycles.